The molecule has 0 spiro atoms. The molecule has 3 N–H and O–H groups in total. The van der Waals surface area contributed by atoms with Gasteiger partial charge in [-0.2, -0.15) is 13.2 Å². The van der Waals surface area contributed by atoms with E-state index in [1.165, 1.54) is 12.1 Å². The molecule has 1 fully saturated rings. The summed E-state index contributed by atoms with van der Waals surface area (Å²) in [5.41, 5.74) is -0.472. The third kappa shape index (κ3) is 5.51. The van der Waals surface area contributed by atoms with E-state index in [1.807, 2.05) is 6.92 Å². The van der Waals surface area contributed by atoms with Crippen molar-refractivity contribution >= 4 is 18.1 Å². The van der Waals surface area contributed by atoms with Crippen LogP contribution in [0, 0.1) is 5.92 Å². The molecular weight excluding hydrogens is 397 g/mol. The van der Waals surface area contributed by atoms with Crippen molar-refractivity contribution in [3.8, 4) is 11.5 Å². The minimum Gasteiger partial charge on any atom is -0.388 e. The van der Waals surface area contributed by atoms with Gasteiger partial charge in [-0.1, -0.05) is 0 Å². The molecule has 1 saturated heterocycles. The molecule has 2 heterocycles. The number of benzene rings is 1. The van der Waals surface area contributed by atoms with Gasteiger partial charge in [0.05, 0.1) is 5.56 Å². The average molecular weight is 421 g/mol. The molecule has 156 valence electrons. The molecule has 0 unspecified atom stereocenters. The number of H-pyrrole nitrogens is 1. The second-order valence-electron chi connectivity index (χ2n) is 6.90. The minimum absolute atomic E-state index is 0. The standard InChI is InChI=1S/C18H23F3N4O2.ClH/c1-11(12-4-2-8-22-9-3-5-12)23-15-10-13(16-24-25-17(26)27-16)6-7-14(15)18(19,20)21;/h6-7,10-12,22-23H,2-5,8-9H2,1H3,(H,25,26);1H/t11-;/m0./s1. The quantitative estimate of drug-likeness (QED) is 0.695. The molecule has 1 atom stereocenters. The first-order valence-electron chi connectivity index (χ1n) is 9.09. The van der Waals surface area contributed by atoms with Crippen LogP contribution in [-0.4, -0.2) is 29.3 Å². The third-order valence-electron chi connectivity index (χ3n) is 4.96. The van der Waals surface area contributed by atoms with E-state index in [1.54, 1.807) is 0 Å². The van der Waals surface area contributed by atoms with Gasteiger partial charge >= 0.3 is 11.9 Å². The molecule has 10 heteroatoms. The van der Waals surface area contributed by atoms with E-state index >= 15 is 0 Å². The largest absolute Gasteiger partial charge is 0.434 e. The fourth-order valence-electron chi connectivity index (χ4n) is 3.51. The van der Waals surface area contributed by atoms with Crippen molar-refractivity contribution in [1.82, 2.24) is 15.5 Å². The van der Waals surface area contributed by atoms with E-state index in [9.17, 15) is 18.0 Å². The third-order valence-corrected chi connectivity index (χ3v) is 4.96. The molecule has 1 aliphatic rings. The summed E-state index contributed by atoms with van der Waals surface area (Å²) in [6.07, 6.45) is -0.576. The topological polar surface area (TPSA) is 83.0 Å². The number of nitrogens with one attached hydrogen (secondary N) is 3. The summed E-state index contributed by atoms with van der Waals surface area (Å²) in [6.45, 7) is 3.79. The van der Waals surface area contributed by atoms with Crippen LogP contribution in [0.25, 0.3) is 11.5 Å². The Morgan fingerprint density at radius 3 is 2.50 bits per heavy atom. The van der Waals surface area contributed by atoms with Crippen LogP contribution >= 0.6 is 12.4 Å². The van der Waals surface area contributed by atoms with Crippen molar-refractivity contribution in [1.29, 1.82) is 0 Å². The van der Waals surface area contributed by atoms with Gasteiger partial charge in [0.25, 0.3) is 0 Å². The lowest BCUT2D eigenvalue weighted by Crippen LogP contribution is -2.31. The Morgan fingerprint density at radius 1 is 1.25 bits per heavy atom. The summed E-state index contributed by atoms with van der Waals surface area (Å²) >= 11 is 0. The number of rotatable bonds is 4. The molecule has 28 heavy (non-hydrogen) atoms. The number of hydrogen-bond acceptors (Lipinski definition) is 5. The van der Waals surface area contributed by atoms with Gasteiger partial charge in [-0.15, -0.1) is 17.5 Å². The van der Waals surface area contributed by atoms with Crippen molar-refractivity contribution < 1.29 is 17.6 Å². The van der Waals surface area contributed by atoms with Crippen molar-refractivity contribution in [3.63, 3.8) is 0 Å². The van der Waals surface area contributed by atoms with Gasteiger partial charge in [-0.3, -0.25) is 0 Å². The Bertz CT molecular complexity index is 814. The van der Waals surface area contributed by atoms with Crippen LogP contribution in [0.4, 0.5) is 18.9 Å². The summed E-state index contributed by atoms with van der Waals surface area (Å²) < 4.78 is 45.2. The SMILES string of the molecule is C[C@H](Nc1cc(-c2n[nH]c(=O)o2)ccc1C(F)(F)F)C1CCCNCCC1.Cl. The molecule has 6 nitrogen and oxygen atoms in total. The number of aromatic nitrogens is 2. The molecule has 0 saturated carbocycles. The van der Waals surface area contributed by atoms with E-state index < -0.39 is 17.5 Å². The first-order valence-corrected chi connectivity index (χ1v) is 9.09. The Hall–Kier alpha value is -2.00. The smallest absolute Gasteiger partial charge is 0.388 e. The molecule has 0 bridgehead atoms. The minimum atomic E-state index is -4.49. The number of halogens is 4. The highest BCUT2D eigenvalue weighted by Crippen LogP contribution is 2.38. The van der Waals surface area contributed by atoms with Crippen LogP contribution in [0.3, 0.4) is 0 Å². The normalized spacial score (nSPS) is 17.3. The zero-order valence-electron chi connectivity index (χ0n) is 15.4. The molecule has 1 aromatic carbocycles. The van der Waals surface area contributed by atoms with E-state index in [4.69, 9.17) is 4.42 Å². The second kappa shape index (κ2) is 9.47. The fraction of sp³-hybridized carbons (Fsp3) is 0.556. The summed E-state index contributed by atoms with van der Waals surface area (Å²) in [5.74, 6) is -0.502. The van der Waals surface area contributed by atoms with Crippen LogP contribution < -0.4 is 16.4 Å². The predicted molar refractivity (Wildman–Crippen MR) is 103 cm³/mol. The predicted octanol–water partition coefficient (Wildman–Crippen LogP) is 4.05. The molecule has 3 rings (SSSR count). The van der Waals surface area contributed by atoms with Gasteiger partial charge in [0, 0.05) is 17.3 Å². The highest BCUT2D eigenvalue weighted by molar-refractivity contribution is 5.85. The molecule has 0 aliphatic carbocycles. The summed E-state index contributed by atoms with van der Waals surface area (Å²) in [7, 11) is 0. The maximum atomic E-state index is 13.5. The molecule has 0 radical (unpaired) electrons. The average Bonchev–Trinajstić information content (AvgIpc) is 3.00. The number of anilines is 1. The van der Waals surface area contributed by atoms with E-state index in [0.29, 0.717) is 11.5 Å². The van der Waals surface area contributed by atoms with Gasteiger partial charge in [0.2, 0.25) is 5.89 Å². The van der Waals surface area contributed by atoms with Gasteiger partial charge < -0.3 is 15.1 Å². The van der Waals surface area contributed by atoms with Crippen LogP contribution in [-0.2, 0) is 6.18 Å². The monoisotopic (exact) mass is 420 g/mol. The molecule has 0 amide bonds. The van der Waals surface area contributed by atoms with Gasteiger partial charge in [0.1, 0.15) is 0 Å². The van der Waals surface area contributed by atoms with Crippen molar-refractivity contribution in [2.45, 2.75) is 44.8 Å². The lowest BCUT2D eigenvalue weighted by Gasteiger charge is -2.29. The lowest BCUT2D eigenvalue weighted by atomic mass is 9.89. The van der Waals surface area contributed by atoms with E-state index in [2.05, 4.69) is 20.8 Å². The van der Waals surface area contributed by atoms with Crippen LogP contribution in [0.5, 0.6) is 0 Å². The second-order valence-corrected chi connectivity index (χ2v) is 6.90. The highest BCUT2D eigenvalue weighted by atomic mass is 35.5. The Morgan fingerprint density at radius 2 is 1.93 bits per heavy atom. The molecule has 1 aliphatic heterocycles. The van der Waals surface area contributed by atoms with E-state index in [0.717, 1.165) is 44.8 Å². The summed E-state index contributed by atoms with van der Waals surface area (Å²) in [4.78, 5) is 11.1. The van der Waals surface area contributed by atoms with Crippen LogP contribution in [0.2, 0.25) is 0 Å². The van der Waals surface area contributed by atoms with Gasteiger partial charge in [-0.25, -0.2) is 9.89 Å². The molecule has 1 aromatic heterocycles. The zero-order valence-corrected chi connectivity index (χ0v) is 16.3. The summed E-state index contributed by atoms with van der Waals surface area (Å²) in [6, 6.07) is 3.45. The van der Waals surface area contributed by atoms with Crippen molar-refractivity contribution in [2.75, 3.05) is 18.4 Å². The molecule has 2 aromatic rings. The van der Waals surface area contributed by atoms with Crippen LogP contribution in [0.1, 0.15) is 38.2 Å². The van der Waals surface area contributed by atoms with Crippen LogP contribution in [0.15, 0.2) is 27.4 Å². The maximum absolute atomic E-state index is 13.5. The van der Waals surface area contributed by atoms with Gasteiger partial charge in [-0.05, 0) is 69.8 Å². The van der Waals surface area contributed by atoms with Crippen molar-refractivity contribution in [3.05, 3.63) is 34.3 Å². The maximum Gasteiger partial charge on any atom is 0.434 e. The first kappa shape index (κ1) is 22.3. The van der Waals surface area contributed by atoms with Crippen molar-refractivity contribution in [2.24, 2.45) is 5.92 Å². The highest BCUT2D eigenvalue weighted by Gasteiger charge is 2.34. The Balaban J connectivity index is 0.00000280. The summed E-state index contributed by atoms with van der Waals surface area (Å²) in [5, 5.41) is 12.2. The number of aromatic amines is 1. The fourth-order valence-corrected chi connectivity index (χ4v) is 3.51. The molecular formula is C18H24ClF3N4O2. The number of hydrogen-bond donors (Lipinski definition) is 3. The zero-order chi connectivity index (χ0) is 19.4. The Labute approximate surface area is 166 Å². The van der Waals surface area contributed by atoms with E-state index in [-0.39, 0.29) is 30.0 Å². The first-order chi connectivity index (χ1) is 12.8. The van der Waals surface area contributed by atoms with Gasteiger partial charge in [0.15, 0.2) is 0 Å². The number of nitrogens with zero attached hydrogens (tertiary/aromatic N) is 1. The number of alkyl halides is 3. The lowest BCUT2D eigenvalue weighted by molar-refractivity contribution is -0.137. The Kier molecular flexibility index (Phi) is 7.54.